The number of rotatable bonds is 4. The highest BCUT2D eigenvalue weighted by atomic mass is 16.5. The second-order valence-corrected chi connectivity index (χ2v) is 6.77. The van der Waals surface area contributed by atoms with E-state index in [1.807, 2.05) is 15.9 Å². The molecule has 140 valence electrons. The Morgan fingerprint density at radius 1 is 1.04 bits per heavy atom. The van der Waals surface area contributed by atoms with Crippen molar-refractivity contribution < 1.29 is 19.1 Å². The predicted octanol–water partition coefficient (Wildman–Crippen LogP) is 0.848. The Morgan fingerprint density at radius 3 is 2.35 bits per heavy atom. The van der Waals surface area contributed by atoms with E-state index >= 15 is 0 Å². The fraction of sp³-hybridized carbons (Fsp3) is 0.526. The molecule has 1 aromatic carbocycles. The summed E-state index contributed by atoms with van der Waals surface area (Å²) >= 11 is 0. The lowest BCUT2D eigenvalue weighted by molar-refractivity contribution is -0.140. The fourth-order valence-electron chi connectivity index (χ4n) is 3.57. The van der Waals surface area contributed by atoms with Crippen molar-refractivity contribution in [3.8, 4) is 5.75 Å². The number of methoxy groups -OCH3 is 1. The summed E-state index contributed by atoms with van der Waals surface area (Å²) in [5.74, 6) is 0.765. The zero-order valence-corrected chi connectivity index (χ0v) is 15.1. The Morgan fingerprint density at radius 2 is 1.73 bits per heavy atom. The summed E-state index contributed by atoms with van der Waals surface area (Å²) in [7, 11) is 1.58. The number of piperidine rings is 1. The first-order valence-corrected chi connectivity index (χ1v) is 9.04. The van der Waals surface area contributed by atoms with Gasteiger partial charge in [-0.15, -0.1) is 0 Å². The molecule has 2 fully saturated rings. The third kappa shape index (κ3) is 3.98. The Hall–Kier alpha value is -2.57. The van der Waals surface area contributed by atoms with Crippen molar-refractivity contribution in [2.75, 3.05) is 46.4 Å². The Bertz CT molecular complexity index is 663. The molecule has 0 saturated carbocycles. The molecule has 0 spiro atoms. The van der Waals surface area contributed by atoms with Gasteiger partial charge in [-0.05, 0) is 31.0 Å². The lowest BCUT2D eigenvalue weighted by Crippen LogP contribution is -2.51. The molecular formula is C19H25N3O4. The standard InChI is InChI=1S/C19H25N3O4/c1-26-17-4-2-3-16(13-17)19(25)21-7-5-15(6-8-21)18(24)22-11-9-20(14-23)10-12-22/h2-4,13-15H,5-12H2,1H3. The van der Waals surface area contributed by atoms with Crippen LogP contribution in [0.3, 0.4) is 0 Å². The number of benzene rings is 1. The van der Waals surface area contributed by atoms with Gasteiger partial charge >= 0.3 is 0 Å². The predicted molar refractivity (Wildman–Crippen MR) is 95.8 cm³/mol. The maximum atomic E-state index is 12.7. The van der Waals surface area contributed by atoms with E-state index in [4.69, 9.17) is 4.74 Å². The molecule has 2 aliphatic heterocycles. The number of amides is 3. The molecule has 26 heavy (non-hydrogen) atoms. The molecular weight excluding hydrogens is 334 g/mol. The first kappa shape index (κ1) is 18.2. The van der Waals surface area contributed by atoms with Gasteiger partial charge in [-0.3, -0.25) is 14.4 Å². The van der Waals surface area contributed by atoms with Gasteiger partial charge in [0.2, 0.25) is 12.3 Å². The van der Waals surface area contributed by atoms with Crippen LogP contribution in [-0.4, -0.2) is 79.3 Å². The molecule has 3 rings (SSSR count). The second kappa shape index (κ2) is 8.21. The van der Waals surface area contributed by atoms with E-state index in [1.165, 1.54) is 0 Å². The minimum absolute atomic E-state index is 0.0191. The van der Waals surface area contributed by atoms with Gasteiger partial charge in [0.05, 0.1) is 7.11 Å². The summed E-state index contributed by atoms with van der Waals surface area (Å²) in [5, 5.41) is 0. The van der Waals surface area contributed by atoms with E-state index in [0.717, 1.165) is 6.41 Å². The fourth-order valence-corrected chi connectivity index (χ4v) is 3.57. The number of carbonyl (C=O) groups is 3. The van der Waals surface area contributed by atoms with Crippen molar-refractivity contribution in [1.29, 1.82) is 0 Å². The highest BCUT2D eigenvalue weighted by molar-refractivity contribution is 5.94. The number of hydrogen-bond acceptors (Lipinski definition) is 4. The van der Waals surface area contributed by atoms with Gasteiger partial charge in [0.25, 0.3) is 5.91 Å². The van der Waals surface area contributed by atoms with Crippen LogP contribution in [0.5, 0.6) is 5.75 Å². The molecule has 3 amide bonds. The Kier molecular flexibility index (Phi) is 5.75. The van der Waals surface area contributed by atoms with Crippen molar-refractivity contribution in [3.05, 3.63) is 29.8 Å². The molecule has 0 unspecified atom stereocenters. The summed E-state index contributed by atoms with van der Waals surface area (Å²) in [6.07, 6.45) is 2.20. The van der Waals surface area contributed by atoms with E-state index in [-0.39, 0.29) is 17.7 Å². The van der Waals surface area contributed by atoms with E-state index in [9.17, 15) is 14.4 Å². The molecule has 0 aromatic heterocycles. The molecule has 0 bridgehead atoms. The lowest BCUT2D eigenvalue weighted by atomic mass is 9.94. The quantitative estimate of drug-likeness (QED) is 0.748. The molecule has 7 heteroatoms. The summed E-state index contributed by atoms with van der Waals surface area (Å²) in [5.41, 5.74) is 0.610. The minimum Gasteiger partial charge on any atom is -0.497 e. The van der Waals surface area contributed by atoms with Gasteiger partial charge in [0, 0.05) is 50.7 Å². The van der Waals surface area contributed by atoms with Crippen molar-refractivity contribution in [1.82, 2.24) is 14.7 Å². The first-order chi connectivity index (χ1) is 12.6. The number of carbonyl (C=O) groups excluding carboxylic acids is 3. The van der Waals surface area contributed by atoms with Gasteiger partial charge in [-0.1, -0.05) is 6.07 Å². The Balaban J connectivity index is 1.53. The molecule has 2 saturated heterocycles. The van der Waals surface area contributed by atoms with Crippen LogP contribution < -0.4 is 4.74 Å². The van der Waals surface area contributed by atoms with E-state index in [2.05, 4.69) is 0 Å². The zero-order chi connectivity index (χ0) is 18.5. The van der Waals surface area contributed by atoms with Crippen molar-refractivity contribution >= 4 is 18.2 Å². The van der Waals surface area contributed by atoms with E-state index in [1.54, 1.807) is 30.2 Å². The van der Waals surface area contributed by atoms with Crippen LogP contribution in [0.4, 0.5) is 0 Å². The maximum absolute atomic E-state index is 12.7. The third-order valence-electron chi connectivity index (χ3n) is 5.22. The largest absolute Gasteiger partial charge is 0.497 e. The number of nitrogens with zero attached hydrogens (tertiary/aromatic N) is 3. The van der Waals surface area contributed by atoms with Crippen molar-refractivity contribution in [3.63, 3.8) is 0 Å². The number of likely N-dealkylation sites (tertiary alicyclic amines) is 1. The van der Waals surface area contributed by atoms with E-state index in [0.29, 0.717) is 63.4 Å². The topological polar surface area (TPSA) is 70.2 Å². The van der Waals surface area contributed by atoms with Crippen molar-refractivity contribution in [2.45, 2.75) is 12.8 Å². The van der Waals surface area contributed by atoms with Crippen LogP contribution >= 0.6 is 0 Å². The smallest absolute Gasteiger partial charge is 0.253 e. The van der Waals surface area contributed by atoms with E-state index < -0.39 is 0 Å². The molecule has 0 atom stereocenters. The van der Waals surface area contributed by atoms with Crippen LogP contribution in [0, 0.1) is 5.92 Å². The molecule has 7 nitrogen and oxygen atoms in total. The molecule has 1 aromatic rings. The average Bonchev–Trinajstić information content (AvgIpc) is 2.73. The van der Waals surface area contributed by atoms with Crippen LogP contribution in [0.2, 0.25) is 0 Å². The SMILES string of the molecule is COc1cccc(C(=O)N2CCC(C(=O)N3CCN(C=O)CC3)CC2)c1. The number of hydrogen-bond donors (Lipinski definition) is 0. The van der Waals surface area contributed by atoms with Gasteiger partial charge in [-0.2, -0.15) is 0 Å². The summed E-state index contributed by atoms with van der Waals surface area (Å²) in [6.45, 7) is 3.56. The van der Waals surface area contributed by atoms with Crippen LogP contribution in [-0.2, 0) is 9.59 Å². The second-order valence-electron chi connectivity index (χ2n) is 6.77. The average molecular weight is 359 g/mol. The third-order valence-corrected chi connectivity index (χ3v) is 5.22. The van der Waals surface area contributed by atoms with Crippen LogP contribution in [0.25, 0.3) is 0 Å². The molecule has 2 aliphatic rings. The van der Waals surface area contributed by atoms with Gasteiger partial charge in [0.15, 0.2) is 0 Å². The maximum Gasteiger partial charge on any atom is 0.253 e. The first-order valence-electron chi connectivity index (χ1n) is 9.04. The van der Waals surface area contributed by atoms with Gasteiger partial charge < -0.3 is 19.4 Å². The molecule has 0 radical (unpaired) electrons. The summed E-state index contributed by atoms with van der Waals surface area (Å²) in [4.78, 5) is 41.5. The monoisotopic (exact) mass is 359 g/mol. The number of ether oxygens (including phenoxy) is 1. The van der Waals surface area contributed by atoms with Crippen LogP contribution in [0.1, 0.15) is 23.2 Å². The Labute approximate surface area is 153 Å². The molecule has 2 heterocycles. The summed E-state index contributed by atoms with van der Waals surface area (Å²) in [6, 6.07) is 7.15. The lowest BCUT2D eigenvalue weighted by Gasteiger charge is -2.37. The highest BCUT2D eigenvalue weighted by Gasteiger charge is 2.31. The van der Waals surface area contributed by atoms with Crippen LogP contribution in [0.15, 0.2) is 24.3 Å². The highest BCUT2D eigenvalue weighted by Crippen LogP contribution is 2.23. The van der Waals surface area contributed by atoms with Crippen molar-refractivity contribution in [2.24, 2.45) is 5.92 Å². The summed E-state index contributed by atoms with van der Waals surface area (Å²) < 4.78 is 5.18. The van der Waals surface area contributed by atoms with Gasteiger partial charge in [-0.25, -0.2) is 0 Å². The zero-order valence-electron chi connectivity index (χ0n) is 15.1. The molecule has 0 N–H and O–H groups in total. The minimum atomic E-state index is -0.0351. The normalized spacial score (nSPS) is 18.6. The van der Waals surface area contributed by atoms with Gasteiger partial charge in [0.1, 0.15) is 5.75 Å². The number of piperazine rings is 1. The molecule has 0 aliphatic carbocycles.